The van der Waals surface area contributed by atoms with Gasteiger partial charge in [0, 0.05) is 32.0 Å². The third-order valence-corrected chi connectivity index (χ3v) is 9.11. The Morgan fingerprint density at radius 2 is 1.89 bits per heavy atom. The molecule has 152 valence electrons. The first-order valence-corrected chi connectivity index (χ1v) is 11.7. The van der Waals surface area contributed by atoms with Gasteiger partial charge in [0.2, 0.25) is 10.0 Å². The van der Waals surface area contributed by atoms with Crippen molar-refractivity contribution in [2.45, 2.75) is 69.1 Å². The molecular formula is C19H28N6O2S. The number of hydrogen-bond donors (Lipinski definition) is 1. The molecule has 8 nitrogen and oxygen atoms in total. The molecule has 1 atom stereocenters. The maximum absolute atomic E-state index is 13.6. The Balaban J connectivity index is 1.51. The molecule has 3 heterocycles. The second-order valence-electron chi connectivity index (χ2n) is 8.90. The number of hydrogen-bond acceptors (Lipinski definition) is 5. The van der Waals surface area contributed by atoms with E-state index in [0.29, 0.717) is 35.3 Å². The summed E-state index contributed by atoms with van der Waals surface area (Å²) in [6.07, 6.45) is 6.72. The summed E-state index contributed by atoms with van der Waals surface area (Å²) in [7, 11) is -1.80. The lowest BCUT2D eigenvalue weighted by Crippen LogP contribution is -2.32. The van der Waals surface area contributed by atoms with Gasteiger partial charge in [-0.1, -0.05) is 12.8 Å². The molecule has 0 amide bonds. The zero-order valence-corrected chi connectivity index (χ0v) is 17.6. The van der Waals surface area contributed by atoms with Crippen LogP contribution in [0.2, 0.25) is 0 Å². The Morgan fingerprint density at radius 3 is 2.50 bits per heavy atom. The van der Waals surface area contributed by atoms with Crippen molar-refractivity contribution in [3.05, 3.63) is 23.0 Å². The van der Waals surface area contributed by atoms with Crippen LogP contribution < -0.4 is 0 Å². The number of rotatable bonds is 4. The summed E-state index contributed by atoms with van der Waals surface area (Å²) in [6, 6.07) is 0. The zero-order valence-electron chi connectivity index (χ0n) is 16.8. The van der Waals surface area contributed by atoms with Gasteiger partial charge in [-0.3, -0.25) is 9.78 Å². The smallest absolute Gasteiger partial charge is 0.246 e. The van der Waals surface area contributed by atoms with Gasteiger partial charge in [-0.15, -0.1) is 0 Å². The first-order valence-electron chi connectivity index (χ1n) is 10.2. The Kier molecular flexibility index (Phi) is 4.00. The average molecular weight is 405 g/mol. The van der Waals surface area contributed by atoms with E-state index in [1.807, 2.05) is 6.92 Å². The van der Waals surface area contributed by atoms with E-state index in [2.05, 4.69) is 15.3 Å². The van der Waals surface area contributed by atoms with Crippen molar-refractivity contribution in [2.75, 3.05) is 13.1 Å². The van der Waals surface area contributed by atoms with Gasteiger partial charge in [0.1, 0.15) is 10.7 Å². The fourth-order valence-electron chi connectivity index (χ4n) is 5.29. The summed E-state index contributed by atoms with van der Waals surface area (Å²) in [5.74, 6) is 2.36. The van der Waals surface area contributed by atoms with E-state index in [9.17, 15) is 8.42 Å². The molecule has 1 aliphatic heterocycles. The topological polar surface area (TPSA) is 96.8 Å². The van der Waals surface area contributed by atoms with Gasteiger partial charge in [-0.25, -0.2) is 13.4 Å². The molecule has 0 aromatic carbocycles. The largest absolute Gasteiger partial charge is 0.271 e. The molecule has 3 aliphatic rings. The lowest BCUT2D eigenvalue weighted by Gasteiger charge is -2.28. The van der Waals surface area contributed by atoms with Crippen LogP contribution in [0.3, 0.4) is 0 Å². The maximum atomic E-state index is 13.6. The number of aromatic amines is 1. The van der Waals surface area contributed by atoms with Crippen molar-refractivity contribution >= 4 is 10.0 Å². The predicted molar refractivity (Wildman–Crippen MR) is 103 cm³/mol. The summed E-state index contributed by atoms with van der Waals surface area (Å²) < 4.78 is 30.4. The lowest BCUT2D eigenvalue weighted by molar-refractivity contribution is 0.277. The summed E-state index contributed by atoms with van der Waals surface area (Å²) in [6.45, 7) is 4.63. The van der Waals surface area contributed by atoms with Crippen molar-refractivity contribution in [1.29, 1.82) is 0 Å². The van der Waals surface area contributed by atoms with Crippen LogP contribution in [-0.4, -0.2) is 50.8 Å². The summed E-state index contributed by atoms with van der Waals surface area (Å²) in [5.41, 5.74) is 1.23. The lowest BCUT2D eigenvalue weighted by atomic mass is 9.76. The number of nitrogens with zero attached hydrogens (tertiary/aromatic N) is 5. The molecule has 1 spiro atoms. The first kappa shape index (κ1) is 18.3. The fourth-order valence-corrected chi connectivity index (χ4v) is 7.24. The normalized spacial score (nSPS) is 25.2. The molecule has 1 N–H and O–H groups in total. The predicted octanol–water partition coefficient (Wildman–Crippen LogP) is 2.38. The Hall–Kier alpha value is -1.74. The van der Waals surface area contributed by atoms with Crippen LogP contribution in [-0.2, 0) is 17.1 Å². The summed E-state index contributed by atoms with van der Waals surface area (Å²) in [5, 5.41) is 11.9. The summed E-state index contributed by atoms with van der Waals surface area (Å²) in [4.78, 5) is 5.16. The highest BCUT2D eigenvalue weighted by molar-refractivity contribution is 7.89. The van der Waals surface area contributed by atoms with E-state index in [4.69, 9.17) is 4.98 Å². The highest BCUT2D eigenvalue weighted by Crippen LogP contribution is 2.54. The molecule has 2 aromatic heterocycles. The van der Waals surface area contributed by atoms with Crippen LogP contribution >= 0.6 is 0 Å². The van der Waals surface area contributed by atoms with Crippen molar-refractivity contribution in [3.63, 3.8) is 0 Å². The minimum atomic E-state index is -3.59. The van der Waals surface area contributed by atoms with Gasteiger partial charge in [-0.2, -0.15) is 14.5 Å². The van der Waals surface area contributed by atoms with Crippen LogP contribution in [0.15, 0.2) is 4.90 Å². The Labute approximate surface area is 165 Å². The molecule has 0 radical (unpaired) electrons. The van der Waals surface area contributed by atoms with E-state index in [0.717, 1.165) is 50.2 Å². The zero-order chi connectivity index (χ0) is 19.7. The highest BCUT2D eigenvalue weighted by Gasteiger charge is 2.53. The van der Waals surface area contributed by atoms with Gasteiger partial charge >= 0.3 is 0 Å². The standard InChI is InChI=1S/C19H28N6O2S/c1-12-16(13(2)24(3)23-12)28(26,27)25-10-15(19(11-25)8-4-5-9-19)18-20-17(21-22-18)14-6-7-14/h14-15H,4-11H2,1-3H3,(H,20,21,22). The molecule has 3 fully saturated rings. The summed E-state index contributed by atoms with van der Waals surface area (Å²) >= 11 is 0. The van der Waals surface area contributed by atoms with E-state index in [-0.39, 0.29) is 11.3 Å². The minimum Gasteiger partial charge on any atom is -0.271 e. The van der Waals surface area contributed by atoms with E-state index < -0.39 is 10.0 Å². The first-order chi connectivity index (χ1) is 13.3. The van der Waals surface area contributed by atoms with Crippen LogP contribution in [0.1, 0.15) is 73.4 Å². The van der Waals surface area contributed by atoms with Gasteiger partial charge in [0.15, 0.2) is 5.82 Å². The molecule has 5 rings (SSSR count). The van der Waals surface area contributed by atoms with Crippen LogP contribution in [0.5, 0.6) is 0 Å². The molecule has 2 aliphatic carbocycles. The second-order valence-corrected chi connectivity index (χ2v) is 10.8. The number of H-pyrrole nitrogens is 1. The quantitative estimate of drug-likeness (QED) is 0.844. The van der Waals surface area contributed by atoms with Gasteiger partial charge < -0.3 is 0 Å². The third-order valence-electron chi connectivity index (χ3n) is 7.05. The molecule has 1 saturated heterocycles. The average Bonchev–Trinajstić information content (AvgIpc) is 3.01. The molecule has 0 bridgehead atoms. The number of sulfonamides is 1. The monoisotopic (exact) mass is 404 g/mol. The van der Waals surface area contributed by atoms with Gasteiger partial charge in [-0.05, 0) is 44.9 Å². The van der Waals surface area contributed by atoms with E-state index in [1.165, 1.54) is 0 Å². The molecule has 28 heavy (non-hydrogen) atoms. The molecule has 2 saturated carbocycles. The van der Waals surface area contributed by atoms with Gasteiger partial charge in [0.25, 0.3) is 0 Å². The SMILES string of the molecule is Cc1nn(C)c(C)c1S(=O)(=O)N1CC(c2nc(C3CC3)n[nH]2)C2(CCCC2)C1. The Bertz CT molecular complexity index is 1010. The fraction of sp³-hybridized carbons (Fsp3) is 0.737. The molecule has 9 heteroatoms. The van der Waals surface area contributed by atoms with Crippen molar-refractivity contribution < 1.29 is 8.42 Å². The Morgan fingerprint density at radius 1 is 1.18 bits per heavy atom. The highest BCUT2D eigenvalue weighted by atomic mass is 32.2. The maximum Gasteiger partial charge on any atom is 0.246 e. The second kappa shape index (κ2) is 6.13. The van der Waals surface area contributed by atoms with Crippen molar-refractivity contribution in [2.24, 2.45) is 12.5 Å². The molecular weight excluding hydrogens is 376 g/mol. The van der Waals surface area contributed by atoms with Crippen molar-refractivity contribution in [3.8, 4) is 0 Å². The van der Waals surface area contributed by atoms with Crippen LogP contribution in [0.4, 0.5) is 0 Å². The van der Waals surface area contributed by atoms with Gasteiger partial charge in [0.05, 0.1) is 11.4 Å². The van der Waals surface area contributed by atoms with Crippen molar-refractivity contribution in [1.82, 2.24) is 29.3 Å². The third kappa shape index (κ3) is 2.66. The van der Waals surface area contributed by atoms with Crippen LogP contribution in [0.25, 0.3) is 0 Å². The minimum absolute atomic E-state index is 0.0303. The number of nitrogens with one attached hydrogen (secondary N) is 1. The number of aryl methyl sites for hydroxylation is 2. The van der Waals surface area contributed by atoms with Crippen LogP contribution in [0, 0.1) is 19.3 Å². The number of aromatic nitrogens is 5. The van der Waals surface area contributed by atoms with E-state index in [1.54, 1.807) is 23.0 Å². The molecule has 2 aromatic rings. The van der Waals surface area contributed by atoms with E-state index >= 15 is 0 Å². The molecule has 1 unspecified atom stereocenters.